The molecule has 0 aromatic carbocycles. The fourth-order valence-corrected chi connectivity index (χ4v) is 4.45. The van der Waals surface area contributed by atoms with Gasteiger partial charge in [0.2, 0.25) is 5.91 Å². The number of carbonyl (C=O) groups excluding carboxylic acids is 1. The Hall–Kier alpha value is -3.22. The van der Waals surface area contributed by atoms with Crippen LogP contribution in [0.1, 0.15) is 36.0 Å². The summed E-state index contributed by atoms with van der Waals surface area (Å²) in [6.45, 7) is 0.839. The predicted molar refractivity (Wildman–Crippen MR) is 108 cm³/mol. The molecule has 13 heteroatoms. The van der Waals surface area contributed by atoms with Crippen molar-refractivity contribution in [3.63, 3.8) is 0 Å². The normalized spacial score (nSPS) is 16.3. The smallest absolute Gasteiger partial charge is 0.453 e. The molecule has 4 heterocycles. The van der Waals surface area contributed by atoms with Gasteiger partial charge in [-0.05, 0) is 36.4 Å². The SMILES string of the molecule is O=C(O)CC(NC(=O)C1CCN(c2ccc3nnc(C(F)(F)F)n3n2)CC1)c1cccs1. The summed E-state index contributed by atoms with van der Waals surface area (Å²) in [5, 5.41) is 24.5. The van der Waals surface area contributed by atoms with Gasteiger partial charge in [0.1, 0.15) is 5.82 Å². The maximum atomic E-state index is 13.1. The zero-order valence-electron chi connectivity index (χ0n) is 16.6. The summed E-state index contributed by atoms with van der Waals surface area (Å²) in [6.07, 6.45) is -3.96. The van der Waals surface area contributed by atoms with Gasteiger partial charge in [-0.3, -0.25) is 9.59 Å². The van der Waals surface area contributed by atoms with Crippen molar-refractivity contribution >= 4 is 34.7 Å². The highest BCUT2D eigenvalue weighted by atomic mass is 32.1. The van der Waals surface area contributed by atoms with Crippen LogP contribution in [0.2, 0.25) is 0 Å². The minimum absolute atomic E-state index is 0.00612. The fraction of sp³-hybridized carbons (Fsp3) is 0.421. The number of fused-ring (bicyclic) bond motifs is 1. The van der Waals surface area contributed by atoms with Crippen molar-refractivity contribution in [2.45, 2.75) is 31.5 Å². The van der Waals surface area contributed by atoms with E-state index in [0.717, 1.165) is 4.88 Å². The summed E-state index contributed by atoms with van der Waals surface area (Å²) in [5.74, 6) is -2.42. The molecule has 0 spiro atoms. The van der Waals surface area contributed by atoms with Crippen molar-refractivity contribution in [2.75, 3.05) is 18.0 Å². The standard InChI is InChI=1S/C19H19F3N6O3S/c20-19(21,22)18-25-24-14-3-4-15(26-28(14)18)27-7-5-11(6-8-27)17(31)23-12(10-16(29)30)13-2-1-9-32-13/h1-4,9,11-12H,5-8,10H2,(H,23,31)(H,29,30). The number of hydrogen-bond donors (Lipinski definition) is 2. The maximum absolute atomic E-state index is 13.1. The number of aliphatic carboxylic acids is 1. The summed E-state index contributed by atoms with van der Waals surface area (Å²) in [7, 11) is 0. The Morgan fingerprint density at radius 2 is 1.97 bits per heavy atom. The topological polar surface area (TPSA) is 113 Å². The number of halogens is 3. The quantitative estimate of drug-likeness (QED) is 0.572. The Kier molecular flexibility index (Phi) is 6.00. The van der Waals surface area contributed by atoms with E-state index in [0.29, 0.717) is 36.3 Å². The van der Waals surface area contributed by atoms with Crippen molar-refractivity contribution in [3.05, 3.63) is 40.3 Å². The molecule has 1 fully saturated rings. The zero-order chi connectivity index (χ0) is 22.9. The van der Waals surface area contributed by atoms with Crippen LogP contribution in [0.25, 0.3) is 5.65 Å². The van der Waals surface area contributed by atoms with Crippen molar-refractivity contribution < 1.29 is 27.9 Å². The van der Waals surface area contributed by atoms with Crippen molar-refractivity contribution in [1.29, 1.82) is 0 Å². The molecule has 1 saturated heterocycles. The van der Waals surface area contributed by atoms with Crippen LogP contribution < -0.4 is 10.2 Å². The Labute approximate surface area is 183 Å². The van der Waals surface area contributed by atoms with Gasteiger partial charge in [-0.25, -0.2) is 0 Å². The van der Waals surface area contributed by atoms with Gasteiger partial charge < -0.3 is 15.3 Å². The average molecular weight is 468 g/mol. The van der Waals surface area contributed by atoms with Crippen LogP contribution in [-0.4, -0.2) is 49.9 Å². The molecule has 170 valence electrons. The van der Waals surface area contributed by atoms with Gasteiger partial charge in [-0.15, -0.1) is 26.6 Å². The van der Waals surface area contributed by atoms with Crippen molar-refractivity contribution in [3.8, 4) is 0 Å². The number of alkyl halides is 3. The van der Waals surface area contributed by atoms with E-state index in [-0.39, 0.29) is 23.9 Å². The number of amides is 1. The summed E-state index contributed by atoms with van der Waals surface area (Å²) < 4.78 is 40.0. The number of carboxylic acids is 1. The summed E-state index contributed by atoms with van der Waals surface area (Å²) in [4.78, 5) is 26.5. The number of thiophene rings is 1. The van der Waals surface area contributed by atoms with Gasteiger partial charge in [0.15, 0.2) is 5.65 Å². The summed E-state index contributed by atoms with van der Waals surface area (Å²) in [5.41, 5.74) is -0.00612. The van der Waals surface area contributed by atoms with Crippen LogP contribution in [0.5, 0.6) is 0 Å². The van der Waals surface area contributed by atoms with Crippen LogP contribution in [0.4, 0.5) is 19.0 Å². The van der Waals surface area contributed by atoms with Gasteiger partial charge in [-0.1, -0.05) is 6.07 Å². The number of nitrogens with zero attached hydrogens (tertiary/aromatic N) is 5. The van der Waals surface area contributed by atoms with Crippen LogP contribution in [0, 0.1) is 5.92 Å². The molecule has 3 aromatic heterocycles. The highest BCUT2D eigenvalue weighted by Gasteiger charge is 2.38. The number of anilines is 1. The van der Waals surface area contributed by atoms with E-state index in [1.165, 1.54) is 17.4 Å². The van der Waals surface area contributed by atoms with Gasteiger partial charge in [0.25, 0.3) is 5.82 Å². The fourth-order valence-electron chi connectivity index (χ4n) is 3.67. The summed E-state index contributed by atoms with van der Waals surface area (Å²) in [6, 6.07) is 5.97. The van der Waals surface area contributed by atoms with E-state index in [1.807, 2.05) is 5.38 Å². The van der Waals surface area contributed by atoms with Gasteiger partial charge in [0, 0.05) is 23.9 Å². The molecule has 0 radical (unpaired) electrons. The monoisotopic (exact) mass is 468 g/mol. The second-order valence-electron chi connectivity index (χ2n) is 7.42. The molecule has 1 unspecified atom stereocenters. The molecule has 32 heavy (non-hydrogen) atoms. The minimum atomic E-state index is -4.68. The third kappa shape index (κ3) is 4.66. The van der Waals surface area contributed by atoms with Gasteiger partial charge in [0.05, 0.1) is 12.5 Å². The Bertz CT molecular complexity index is 1110. The molecule has 0 aliphatic carbocycles. The van der Waals surface area contributed by atoms with E-state index in [4.69, 9.17) is 5.11 Å². The zero-order valence-corrected chi connectivity index (χ0v) is 17.4. The summed E-state index contributed by atoms with van der Waals surface area (Å²) >= 11 is 1.38. The number of rotatable bonds is 6. The highest BCUT2D eigenvalue weighted by Crippen LogP contribution is 2.29. The van der Waals surface area contributed by atoms with Gasteiger partial charge in [-0.2, -0.15) is 17.7 Å². The number of aromatic nitrogens is 4. The Morgan fingerprint density at radius 1 is 1.22 bits per heavy atom. The predicted octanol–water partition coefficient (Wildman–Crippen LogP) is 2.75. The van der Waals surface area contributed by atoms with E-state index >= 15 is 0 Å². The number of carbonyl (C=O) groups is 2. The second kappa shape index (κ2) is 8.73. The second-order valence-corrected chi connectivity index (χ2v) is 8.40. The maximum Gasteiger partial charge on any atom is 0.453 e. The van der Waals surface area contributed by atoms with Crippen molar-refractivity contribution in [1.82, 2.24) is 25.1 Å². The van der Waals surface area contributed by atoms with Crippen LogP contribution in [0.15, 0.2) is 29.6 Å². The highest BCUT2D eigenvalue weighted by molar-refractivity contribution is 7.10. The number of carboxylic acid groups (broad SMARTS) is 1. The molecule has 1 atom stereocenters. The molecular weight excluding hydrogens is 449 g/mol. The third-order valence-corrected chi connectivity index (χ3v) is 6.26. The Balaban J connectivity index is 1.41. The van der Waals surface area contributed by atoms with E-state index in [2.05, 4.69) is 20.6 Å². The number of hydrogen-bond acceptors (Lipinski definition) is 7. The first-order valence-electron chi connectivity index (χ1n) is 9.82. The first-order valence-corrected chi connectivity index (χ1v) is 10.7. The molecule has 1 aliphatic rings. The number of piperidine rings is 1. The van der Waals surface area contributed by atoms with E-state index in [1.54, 1.807) is 23.1 Å². The lowest BCUT2D eigenvalue weighted by molar-refractivity contribution is -0.146. The van der Waals surface area contributed by atoms with Crippen LogP contribution in [-0.2, 0) is 15.8 Å². The molecule has 9 nitrogen and oxygen atoms in total. The Morgan fingerprint density at radius 3 is 2.59 bits per heavy atom. The minimum Gasteiger partial charge on any atom is -0.481 e. The first kappa shape index (κ1) is 22.0. The first-order chi connectivity index (χ1) is 15.2. The van der Waals surface area contributed by atoms with Crippen molar-refractivity contribution in [2.24, 2.45) is 5.92 Å². The van der Waals surface area contributed by atoms with E-state index in [9.17, 15) is 22.8 Å². The molecular formula is C19H19F3N6O3S. The largest absolute Gasteiger partial charge is 0.481 e. The average Bonchev–Trinajstić information content (AvgIpc) is 3.42. The molecule has 1 aliphatic heterocycles. The number of nitrogens with one attached hydrogen (secondary N) is 1. The van der Waals surface area contributed by atoms with Crippen LogP contribution in [0.3, 0.4) is 0 Å². The molecule has 4 rings (SSSR count). The molecule has 0 saturated carbocycles. The lowest BCUT2D eigenvalue weighted by Crippen LogP contribution is -2.42. The van der Waals surface area contributed by atoms with Crippen LogP contribution >= 0.6 is 11.3 Å². The van der Waals surface area contributed by atoms with E-state index < -0.39 is 24.0 Å². The molecule has 1 amide bonds. The molecule has 0 bridgehead atoms. The third-order valence-electron chi connectivity index (χ3n) is 5.27. The lowest BCUT2D eigenvalue weighted by Gasteiger charge is -2.32. The van der Waals surface area contributed by atoms with Gasteiger partial charge >= 0.3 is 12.1 Å². The molecule has 2 N–H and O–H groups in total. The lowest BCUT2D eigenvalue weighted by atomic mass is 9.95. The molecule has 3 aromatic rings.